The van der Waals surface area contributed by atoms with E-state index in [0.29, 0.717) is 13.3 Å². The summed E-state index contributed by atoms with van der Waals surface area (Å²) in [6.45, 7) is 3.04. The van der Waals surface area contributed by atoms with Gasteiger partial charge in [-0.05, 0) is 6.42 Å². The van der Waals surface area contributed by atoms with Crippen LogP contribution in [0.15, 0.2) is 0 Å². The molecule has 0 atom stereocenters. The Hall–Kier alpha value is -0.120. The molecule has 0 saturated carbocycles. The first-order chi connectivity index (χ1) is 3.77. The molecule has 0 aromatic rings. The first kappa shape index (κ1) is 7.88. The standard InChI is InChI=1S/C5H13NO2/c1-3-4-8-5-6(2)7/h7H,3-5H2,1-2H3. The Labute approximate surface area is 49.8 Å². The van der Waals surface area contributed by atoms with Crippen LogP contribution in [0, 0.1) is 0 Å². The van der Waals surface area contributed by atoms with Gasteiger partial charge in [0.15, 0.2) is 0 Å². The van der Waals surface area contributed by atoms with Crippen LogP contribution < -0.4 is 0 Å². The average molecular weight is 119 g/mol. The van der Waals surface area contributed by atoms with E-state index in [1.165, 1.54) is 0 Å². The Bertz CT molecular complexity index is 47.7. The summed E-state index contributed by atoms with van der Waals surface area (Å²) in [4.78, 5) is 0. The molecule has 0 rings (SSSR count). The van der Waals surface area contributed by atoms with Crippen LogP contribution in [0.4, 0.5) is 0 Å². The molecule has 8 heavy (non-hydrogen) atoms. The Balaban J connectivity index is 2.72. The molecule has 3 heteroatoms. The Morgan fingerprint density at radius 1 is 1.62 bits per heavy atom. The molecule has 0 aliphatic heterocycles. The van der Waals surface area contributed by atoms with Gasteiger partial charge in [0.05, 0.1) is 0 Å². The van der Waals surface area contributed by atoms with Crippen LogP contribution in [0.5, 0.6) is 0 Å². The van der Waals surface area contributed by atoms with Crippen molar-refractivity contribution in [2.75, 3.05) is 20.4 Å². The smallest absolute Gasteiger partial charge is 0.121 e. The van der Waals surface area contributed by atoms with Crippen molar-refractivity contribution in [3.63, 3.8) is 0 Å². The summed E-state index contributed by atoms with van der Waals surface area (Å²) in [5.41, 5.74) is 0. The highest BCUT2D eigenvalue weighted by Gasteiger charge is 1.87. The molecule has 0 aromatic carbocycles. The maximum Gasteiger partial charge on any atom is 0.121 e. The van der Waals surface area contributed by atoms with E-state index < -0.39 is 0 Å². The zero-order chi connectivity index (χ0) is 6.41. The summed E-state index contributed by atoms with van der Waals surface area (Å²) in [5.74, 6) is 0. The monoisotopic (exact) mass is 119 g/mol. The van der Waals surface area contributed by atoms with Crippen molar-refractivity contribution < 1.29 is 9.94 Å². The first-order valence-corrected chi connectivity index (χ1v) is 2.75. The number of nitrogens with zero attached hydrogens (tertiary/aromatic N) is 1. The second kappa shape index (κ2) is 5.03. The zero-order valence-corrected chi connectivity index (χ0v) is 5.42. The lowest BCUT2D eigenvalue weighted by atomic mass is 10.5. The molecule has 0 aliphatic carbocycles. The summed E-state index contributed by atoms with van der Waals surface area (Å²) >= 11 is 0. The lowest BCUT2D eigenvalue weighted by Gasteiger charge is -2.06. The summed E-state index contributed by atoms with van der Waals surface area (Å²) < 4.78 is 4.92. The predicted molar refractivity (Wildman–Crippen MR) is 30.7 cm³/mol. The van der Waals surface area contributed by atoms with Crippen LogP contribution >= 0.6 is 0 Å². The normalized spacial score (nSPS) is 10.5. The molecular weight excluding hydrogens is 106 g/mol. The van der Waals surface area contributed by atoms with Gasteiger partial charge >= 0.3 is 0 Å². The van der Waals surface area contributed by atoms with Crippen molar-refractivity contribution in [2.45, 2.75) is 13.3 Å². The molecular formula is C5H13NO2. The summed E-state index contributed by atoms with van der Waals surface area (Å²) in [6.07, 6.45) is 0.994. The van der Waals surface area contributed by atoms with Gasteiger partial charge in [-0.3, -0.25) is 0 Å². The third kappa shape index (κ3) is 5.88. The molecule has 0 heterocycles. The predicted octanol–water partition coefficient (Wildman–Crippen LogP) is 0.692. The molecule has 50 valence electrons. The van der Waals surface area contributed by atoms with E-state index in [1.54, 1.807) is 7.05 Å². The molecule has 0 bridgehead atoms. The minimum atomic E-state index is 0.299. The number of ether oxygens (including phenoxy) is 1. The Kier molecular flexibility index (Phi) is 4.95. The van der Waals surface area contributed by atoms with Gasteiger partial charge < -0.3 is 9.94 Å². The molecule has 0 radical (unpaired) electrons. The highest BCUT2D eigenvalue weighted by molar-refractivity contribution is 4.21. The van der Waals surface area contributed by atoms with Gasteiger partial charge in [-0.1, -0.05) is 6.92 Å². The Morgan fingerprint density at radius 3 is 2.62 bits per heavy atom. The second-order valence-electron chi connectivity index (χ2n) is 1.69. The molecule has 0 unspecified atom stereocenters. The molecule has 0 saturated heterocycles. The molecule has 0 fully saturated rings. The van der Waals surface area contributed by atoms with Crippen LogP contribution in [-0.4, -0.2) is 30.7 Å². The molecule has 3 nitrogen and oxygen atoms in total. The fourth-order valence-electron chi connectivity index (χ4n) is 0.341. The zero-order valence-electron chi connectivity index (χ0n) is 5.42. The van der Waals surface area contributed by atoms with Gasteiger partial charge in [-0.15, -0.1) is 0 Å². The highest BCUT2D eigenvalue weighted by Crippen LogP contribution is 1.80. The quantitative estimate of drug-likeness (QED) is 0.336. The number of hydrogen-bond acceptors (Lipinski definition) is 3. The van der Waals surface area contributed by atoms with Crippen molar-refractivity contribution in [2.24, 2.45) is 0 Å². The van der Waals surface area contributed by atoms with Crippen LogP contribution in [0.3, 0.4) is 0 Å². The maximum atomic E-state index is 8.49. The molecule has 1 N–H and O–H groups in total. The van der Waals surface area contributed by atoms with E-state index in [9.17, 15) is 0 Å². The Morgan fingerprint density at radius 2 is 2.25 bits per heavy atom. The minimum Gasteiger partial charge on any atom is -0.364 e. The van der Waals surface area contributed by atoms with E-state index in [0.717, 1.165) is 11.5 Å². The second-order valence-corrected chi connectivity index (χ2v) is 1.69. The molecule has 0 amide bonds. The van der Waals surface area contributed by atoms with Gasteiger partial charge in [-0.2, -0.15) is 5.06 Å². The van der Waals surface area contributed by atoms with Gasteiger partial charge in [0.2, 0.25) is 0 Å². The number of hydroxylamine groups is 2. The first-order valence-electron chi connectivity index (χ1n) is 2.75. The topological polar surface area (TPSA) is 32.7 Å². The highest BCUT2D eigenvalue weighted by atomic mass is 16.6. The molecule has 0 aromatic heterocycles. The lowest BCUT2D eigenvalue weighted by molar-refractivity contribution is -0.140. The van der Waals surface area contributed by atoms with Crippen LogP contribution in [0.25, 0.3) is 0 Å². The number of rotatable bonds is 4. The third-order valence-corrected chi connectivity index (χ3v) is 0.627. The molecule has 0 spiro atoms. The lowest BCUT2D eigenvalue weighted by Crippen LogP contribution is -2.16. The number of hydrogen-bond donors (Lipinski definition) is 1. The fraction of sp³-hybridized carbons (Fsp3) is 1.00. The minimum absolute atomic E-state index is 0.299. The third-order valence-electron chi connectivity index (χ3n) is 0.627. The van der Waals surface area contributed by atoms with E-state index >= 15 is 0 Å². The van der Waals surface area contributed by atoms with Gasteiger partial charge in [0.25, 0.3) is 0 Å². The van der Waals surface area contributed by atoms with Crippen molar-refractivity contribution >= 4 is 0 Å². The van der Waals surface area contributed by atoms with E-state index in [4.69, 9.17) is 9.94 Å². The van der Waals surface area contributed by atoms with Crippen LogP contribution in [-0.2, 0) is 4.74 Å². The summed E-state index contributed by atoms with van der Waals surface area (Å²) in [5, 5.41) is 9.50. The summed E-state index contributed by atoms with van der Waals surface area (Å²) in [7, 11) is 1.55. The summed E-state index contributed by atoms with van der Waals surface area (Å²) in [6, 6.07) is 0. The average Bonchev–Trinajstić information content (AvgIpc) is 1.66. The van der Waals surface area contributed by atoms with E-state index in [2.05, 4.69) is 0 Å². The largest absolute Gasteiger partial charge is 0.364 e. The SMILES string of the molecule is CCCOCN(C)O. The van der Waals surface area contributed by atoms with Gasteiger partial charge in [-0.25, -0.2) is 0 Å². The van der Waals surface area contributed by atoms with Crippen LogP contribution in [0.1, 0.15) is 13.3 Å². The molecule has 0 aliphatic rings. The van der Waals surface area contributed by atoms with E-state index in [-0.39, 0.29) is 0 Å². The van der Waals surface area contributed by atoms with Crippen molar-refractivity contribution in [3.05, 3.63) is 0 Å². The van der Waals surface area contributed by atoms with Crippen molar-refractivity contribution in [3.8, 4) is 0 Å². The van der Waals surface area contributed by atoms with Gasteiger partial charge in [0, 0.05) is 13.7 Å². The van der Waals surface area contributed by atoms with Crippen LogP contribution in [0.2, 0.25) is 0 Å². The van der Waals surface area contributed by atoms with E-state index in [1.807, 2.05) is 6.92 Å². The van der Waals surface area contributed by atoms with Gasteiger partial charge in [0.1, 0.15) is 6.73 Å². The maximum absolute atomic E-state index is 8.49. The van der Waals surface area contributed by atoms with Crippen molar-refractivity contribution in [1.29, 1.82) is 0 Å². The van der Waals surface area contributed by atoms with Crippen molar-refractivity contribution in [1.82, 2.24) is 5.06 Å². The fourth-order valence-corrected chi connectivity index (χ4v) is 0.341.